The van der Waals surface area contributed by atoms with Crippen LogP contribution in [0.3, 0.4) is 0 Å². The standard InChI is InChI=1S/C12H14N2O4/c13-11-8(12(17)18)2-1-3-9(11)14-5-7(6-15)4-10(14)16/h1-3,7,15H,4-6,13H2,(H,17,18). The van der Waals surface area contributed by atoms with Gasteiger partial charge in [0.25, 0.3) is 0 Å². The summed E-state index contributed by atoms with van der Waals surface area (Å²) in [6, 6.07) is 4.55. The van der Waals surface area contributed by atoms with Crippen molar-refractivity contribution in [3.05, 3.63) is 23.8 Å². The van der Waals surface area contributed by atoms with Crippen LogP contribution in [0, 0.1) is 5.92 Å². The molecule has 1 aromatic rings. The summed E-state index contributed by atoms with van der Waals surface area (Å²) in [5, 5.41) is 18.0. The molecular weight excluding hydrogens is 236 g/mol. The highest BCUT2D eigenvalue weighted by atomic mass is 16.4. The molecule has 1 aromatic carbocycles. The Morgan fingerprint density at radius 1 is 1.50 bits per heavy atom. The third-order valence-corrected chi connectivity index (χ3v) is 3.07. The first-order chi connectivity index (χ1) is 8.54. The number of para-hydroxylation sites is 1. The Labute approximate surface area is 104 Å². The number of carboxylic acids is 1. The Kier molecular flexibility index (Phi) is 3.20. The number of hydrogen-bond donors (Lipinski definition) is 3. The lowest BCUT2D eigenvalue weighted by Crippen LogP contribution is -2.26. The van der Waals surface area contributed by atoms with E-state index in [9.17, 15) is 9.59 Å². The number of nitrogens with two attached hydrogens (primary N) is 1. The topological polar surface area (TPSA) is 104 Å². The van der Waals surface area contributed by atoms with Gasteiger partial charge in [0.2, 0.25) is 5.91 Å². The van der Waals surface area contributed by atoms with Crippen LogP contribution >= 0.6 is 0 Å². The van der Waals surface area contributed by atoms with Crippen LogP contribution in [0.1, 0.15) is 16.8 Å². The van der Waals surface area contributed by atoms with Crippen LogP contribution in [0.25, 0.3) is 0 Å². The maximum atomic E-state index is 11.8. The lowest BCUT2D eigenvalue weighted by molar-refractivity contribution is -0.117. The number of benzene rings is 1. The quantitative estimate of drug-likeness (QED) is 0.670. The summed E-state index contributed by atoms with van der Waals surface area (Å²) >= 11 is 0. The minimum absolute atomic E-state index is 0.0206. The lowest BCUT2D eigenvalue weighted by atomic mass is 10.1. The molecule has 0 spiro atoms. The molecule has 1 unspecified atom stereocenters. The van der Waals surface area contributed by atoms with Gasteiger partial charge in [-0.05, 0) is 12.1 Å². The number of carbonyl (C=O) groups excluding carboxylic acids is 1. The summed E-state index contributed by atoms with van der Waals surface area (Å²) < 4.78 is 0. The molecule has 96 valence electrons. The molecule has 6 nitrogen and oxygen atoms in total. The summed E-state index contributed by atoms with van der Waals surface area (Å²) in [7, 11) is 0. The molecule has 1 aliphatic rings. The van der Waals surface area contributed by atoms with E-state index in [1.807, 2.05) is 0 Å². The van der Waals surface area contributed by atoms with E-state index in [0.717, 1.165) is 0 Å². The van der Waals surface area contributed by atoms with Gasteiger partial charge in [-0.2, -0.15) is 0 Å². The van der Waals surface area contributed by atoms with Crippen molar-refractivity contribution in [2.45, 2.75) is 6.42 Å². The van der Waals surface area contributed by atoms with Gasteiger partial charge in [-0.1, -0.05) is 6.07 Å². The van der Waals surface area contributed by atoms with Crippen LogP contribution < -0.4 is 10.6 Å². The second-order valence-electron chi connectivity index (χ2n) is 4.30. The number of amides is 1. The van der Waals surface area contributed by atoms with Crippen molar-refractivity contribution < 1.29 is 19.8 Å². The molecule has 0 aromatic heterocycles. The highest BCUT2D eigenvalue weighted by Crippen LogP contribution is 2.31. The minimum Gasteiger partial charge on any atom is -0.478 e. The molecule has 0 radical (unpaired) electrons. The van der Waals surface area contributed by atoms with Gasteiger partial charge in [-0.25, -0.2) is 4.79 Å². The molecular formula is C12H14N2O4. The first-order valence-corrected chi connectivity index (χ1v) is 5.57. The monoisotopic (exact) mass is 250 g/mol. The van der Waals surface area contributed by atoms with Crippen molar-refractivity contribution in [2.75, 3.05) is 23.8 Å². The second kappa shape index (κ2) is 4.66. The molecule has 1 atom stereocenters. The Balaban J connectivity index is 2.37. The molecule has 1 amide bonds. The first kappa shape index (κ1) is 12.4. The van der Waals surface area contributed by atoms with E-state index < -0.39 is 5.97 Å². The highest BCUT2D eigenvalue weighted by Gasteiger charge is 2.31. The molecule has 18 heavy (non-hydrogen) atoms. The molecule has 4 N–H and O–H groups in total. The summed E-state index contributed by atoms with van der Waals surface area (Å²) in [4.78, 5) is 24.2. The molecule has 1 heterocycles. The van der Waals surface area contributed by atoms with Crippen LogP contribution in [0.2, 0.25) is 0 Å². The number of rotatable bonds is 3. The van der Waals surface area contributed by atoms with Gasteiger partial charge in [0, 0.05) is 25.5 Å². The SMILES string of the molecule is Nc1c(C(=O)O)cccc1N1CC(CO)CC1=O. The van der Waals surface area contributed by atoms with Gasteiger partial charge in [0.1, 0.15) is 0 Å². The average molecular weight is 250 g/mol. The van der Waals surface area contributed by atoms with Gasteiger partial charge in [-0.15, -0.1) is 0 Å². The summed E-state index contributed by atoms with van der Waals surface area (Å²) in [5.74, 6) is -1.40. The number of carboxylic acid groups (broad SMARTS) is 1. The second-order valence-corrected chi connectivity index (χ2v) is 4.30. The number of nitrogens with zero attached hydrogens (tertiary/aromatic N) is 1. The van der Waals surface area contributed by atoms with E-state index in [4.69, 9.17) is 15.9 Å². The Morgan fingerprint density at radius 3 is 2.78 bits per heavy atom. The predicted octanol–water partition coefficient (Wildman–Crippen LogP) is 0.312. The molecule has 0 aliphatic carbocycles. The van der Waals surface area contributed by atoms with Crippen molar-refractivity contribution >= 4 is 23.3 Å². The van der Waals surface area contributed by atoms with E-state index >= 15 is 0 Å². The number of carbonyl (C=O) groups is 2. The number of nitrogen functional groups attached to an aromatic ring is 1. The minimum atomic E-state index is -1.13. The maximum Gasteiger partial charge on any atom is 0.337 e. The van der Waals surface area contributed by atoms with E-state index in [0.29, 0.717) is 12.2 Å². The fraction of sp³-hybridized carbons (Fsp3) is 0.333. The van der Waals surface area contributed by atoms with Crippen molar-refractivity contribution in [3.8, 4) is 0 Å². The summed E-state index contributed by atoms with van der Waals surface area (Å²) in [6.07, 6.45) is 0.257. The molecule has 0 saturated carbocycles. The normalized spacial score (nSPS) is 19.3. The van der Waals surface area contributed by atoms with Crippen molar-refractivity contribution in [2.24, 2.45) is 5.92 Å². The lowest BCUT2D eigenvalue weighted by Gasteiger charge is -2.19. The zero-order valence-corrected chi connectivity index (χ0v) is 9.67. The Bertz CT molecular complexity index is 501. The zero-order valence-electron chi connectivity index (χ0n) is 9.67. The molecule has 2 rings (SSSR count). The van der Waals surface area contributed by atoms with Gasteiger partial charge in [0.15, 0.2) is 0 Å². The first-order valence-electron chi connectivity index (χ1n) is 5.57. The maximum absolute atomic E-state index is 11.8. The molecule has 0 bridgehead atoms. The smallest absolute Gasteiger partial charge is 0.337 e. The summed E-state index contributed by atoms with van der Waals surface area (Å²) in [5.41, 5.74) is 6.23. The predicted molar refractivity (Wildman–Crippen MR) is 65.4 cm³/mol. The Morgan fingerprint density at radius 2 is 2.22 bits per heavy atom. The van der Waals surface area contributed by atoms with E-state index in [-0.39, 0.29) is 36.1 Å². The van der Waals surface area contributed by atoms with Crippen molar-refractivity contribution in [1.82, 2.24) is 0 Å². The van der Waals surface area contributed by atoms with Gasteiger partial charge >= 0.3 is 5.97 Å². The third kappa shape index (κ3) is 2.02. The van der Waals surface area contributed by atoms with E-state index in [2.05, 4.69) is 0 Å². The number of hydrogen-bond acceptors (Lipinski definition) is 4. The van der Waals surface area contributed by atoms with Crippen LogP contribution in [-0.4, -0.2) is 35.2 Å². The highest BCUT2D eigenvalue weighted by molar-refractivity contribution is 6.03. The largest absolute Gasteiger partial charge is 0.478 e. The third-order valence-electron chi connectivity index (χ3n) is 3.07. The molecule has 1 aliphatic heterocycles. The van der Waals surface area contributed by atoms with Gasteiger partial charge in [-0.3, -0.25) is 4.79 Å². The van der Waals surface area contributed by atoms with Crippen LogP contribution in [0.5, 0.6) is 0 Å². The van der Waals surface area contributed by atoms with Crippen molar-refractivity contribution in [1.29, 1.82) is 0 Å². The number of aliphatic hydroxyl groups is 1. The van der Waals surface area contributed by atoms with Crippen LogP contribution in [0.4, 0.5) is 11.4 Å². The van der Waals surface area contributed by atoms with Crippen LogP contribution in [-0.2, 0) is 4.79 Å². The molecule has 6 heteroatoms. The van der Waals surface area contributed by atoms with E-state index in [1.54, 1.807) is 12.1 Å². The van der Waals surface area contributed by atoms with Gasteiger partial charge < -0.3 is 20.8 Å². The molecule has 1 saturated heterocycles. The van der Waals surface area contributed by atoms with E-state index in [1.165, 1.54) is 11.0 Å². The number of aromatic carboxylic acids is 1. The number of anilines is 2. The zero-order chi connectivity index (χ0) is 13.3. The summed E-state index contributed by atoms with van der Waals surface area (Å²) in [6.45, 7) is 0.295. The average Bonchev–Trinajstić information content (AvgIpc) is 2.70. The van der Waals surface area contributed by atoms with Crippen LogP contribution in [0.15, 0.2) is 18.2 Å². The number of aliphatic hydroxyl groups excluding tert-OH is 1. The fourth-order valence-corrected chi connectivity index (χ4v) is 2.11. The molecule has 1 fully saturated rings. The fourth-order valence-electron chi connectivity index (χ4n) is 2.11. The Hall–Kier alpha value is -2.08. The van der Waals surface area contributed by atoms with Gasteiger partial charge in [0.05, 0.1) is 16.9 Å². The van der Waals surface area contributed by atoms with Crippen molar-refractivity contribution in [3.63, 3.8) is 0 Å².